The lowest BCUT2D eigenvalue weighted by atomic mass is 10.2. The first-order valence-corrected chi connectivity index (χ1v) is 4.56. The first-order chi connectivity index (χ1) is 6.14. The molecule has 0 aliphatic rings. The largest absolute Gasteiger partial charge is 0.472 e. The van der Waals surface area contributed by atoms with Crippen LogP contribution in [0.5, 0.6) is 5.75 Å². The Morgan fingerprint density at radius 3 is 2.62 bits per heavy atom. The average molecular weight is 197 g/mol. The van der Waals surface area contributed by atoms with Crippen molar-refractivity contribution in [2.45, 2.75) is 18.4 Å². The fourth-order valence-electron chi connectivity index (χ4n) is 1.03. The molecule has 13 heavy (non-hydrogen) atoms. The van der Waals surface area contributed by atoms with Gasteiger partial charge in [-0.15, -0.1) is 6.58 Å². The smallest absolute Gasteiger partial charge is 0.183 e. The molecule has 0 fully saturated rings. The van der Waals surface area contributed by atoms with Gasteiger partial charge in [0, 0.05) is 6.42 Å². The summed E-state index contributed by atoms with van der Waals surface area (Å²) >= 11 is 6.08. The fraction of sp³-hybridized carbons (Fsp3) is 0.273. The van der Waals surface area contributed by atoms with E-state index in [2.05, 4.69) is 6.58 Å². The standard InChI is InChI=1S/C11H13ClO/c1-3-9-11(2,12)13-10-7-5-4-6-8-10/h3-8H,1,9H2,2H3. The molecule has 2 heteroatoms. The van der Waals surface area contributed by atoms with Crippen LogP contribution in [0.2, 0.25) is 0 Å². The van der Waals surface area contributed by atoms with Crippen LogP contribution in [0.1, 0.15) is 13.3 Å². The van der Waals surface area contributed by atoms with Crippen molar-refractivity contribution in [1.29, 1.82) is 0 Å². The van der Waals surface area contributed by atoms with E-state index in [9.17, 15) is 0 Å². The van der Waals surface area contributed by atoms with Crippen LogP contribution in [-0.2, 0) is 0 Å². The third kappa shape index (κ3) is 3.51. The second-order valence-corrected chi connectivity index (χ2v) is 3.81. The highest BCUT2D eigenvalue weighted by Crippen LogP contribution is 2.24. The molecule has 0 saturated heterocycles. The fourth-order valence-corrected chi connectivity index (χ4v) is 1.23. The molecule has 0 aliphatic heterocycles. The molecule has 1 atom stereocenters. The summed E-state index contributed by atoms with van der Waals surface area (Å²) in [5.74, 6) is 0.779. The number of para-hydroxylation sites is 1. The second kappa shape index (κ2) is 4.33. The quantitative estimate of drug-likeness (QED) is 0.528. The minimum Gasteiger partial charge on any atom is -0.472 e. The molecular formula is C11H13ClO. The van der Waals surface area contributed by atoms with Gasteiger partial charge in [0.2, 0.25) is 0 Å². The van der Waals surface area contributed by atoms with Crippen molar-refractivity contribution >= 4 is 11.6 Å². The summed E-state index contributed by atoms with van der Waals surface area (Å²) in [6.07, 6.45) is 2.36. The maximum Gasteiger partial charge on any atom is 0.183 e. The number of ether oxygens (including phenoxy) is 1. The van der Waals surface area contributed by atoms with Crippen LogP contribution in [0.3, 0.4) is 0 Å². The molecule has 0 heterocycles. The van der Waals surface area contributed by atoms with Crippen molar-refractivity contribution in [2.24, 2.45) is 0 Å². The van der Waals surface area contributed by atoms with Gasteiger partial charge in [-0.2, -0.15) is 0 Å². The maximum atomic E-state index is 6.08. The van der Waals surface area contributed by atoms with E-state index in [-0.39, 0.29) is 0 Å². The van der Waals surface area contributed by atoms with E-state index in [0.29, 0.717) is 6.42 Å². The second-order valence-electron chi connectivity index (χ2n) is 3.01. The highest BCUT2D eigenvalue weighted by Gasteiger charge is 2.20. The Morgan fingerprint density at radius 1 is 1.46 bits per heavy atom. The molecule has 0 aliphatic carbocycles. The summed E-state index contributed by atoms with van der Waals surface area (Å²) in [5, 5.41) is -0.691. The highest BCUT2D eigenvalue weighted by atomic mass is 35.5. The number of hydrogen-bond acceptors (Lipinski definition) is 1. The molecule has 0 saturated carbocycles. The third-order valence-corrected chi connectivity index (χ3v) is 1.81. The van der Waals surface area contributed by atoms with Crippen LogP contribution in [0.4, 0.5) is 0 Å². The molecule has 1 aromatic carbocycles. The van der Waals surface area contributed by atoms with Gasteiger partial charge < -0.3 is 4.74 Å². The monoisotopic (exact) mass is 196 g/mol. The van der Waals surface area contributed by atoms with Gasteiger partial charge in [-0.1, -0.05) is 35.9 Å². The topological polar surface area (TPSA) is 9.23 Å². The Kier molecular flexibility index (Phi) is 3.38. The summed E-state index contributed by atoms with van der Waals surface area (Å²) in [5.41, 5.74) is 0. The van der Waals surface area contributed by atoms with Crippen LogP contribution in [0.25, 0.3) is 0 Å². The van der Waals surface area contributed by atoms with Crippen molar-refractivity contribution in [1.82, 2.24) is 0 Å². The van der Waals surface area contributed by atoms with Gasteiger partial charge in [0.05, 0.1) is 0 Å². The Morgan fingerprint density at radius 2 is 2.08 bits per heavy atom. The molecule has 0 N–H and O–H groups in total. The maximum absolute atomic E-state index is 6.08. The van der Waals surface area contributed by atoms with E-state index in [1.165, 1.54) is 0 Å². The van der Waals surface area contributed by atoms with Crippen LogP contribution in [0, 0.1) is 0 Å². The zero-order valence-corrected chi connectivity index (χ0v) is 8.42. The van der Waals surface area contributed by atoms with Gasteiger partial charge >= 0.3 is 0 Å². The summed E-state index contributed by atoms with van der Waals surface area (Å²) < 4.78 is 5.54. The minimum atomic E-state index is -0.691. The van der Waals surface area contributed by atoms with Crippen LogP contribution >= 0.6 is 11.6 Å². The Balaban J connectivity index is 2.63. The SMILES string of the molecule is C=CCC(C)(Cl)Oc1ccccc1. The summed E-state index contributed by atoms with van der Waals surface area (Å²) in [7, 11) is 0. The molecule has 70 valence electrons. The number of benzene rings is 1. The summed E-state index contributed by atoms with van der Waals surface area (Å²) in [6, 6.07) is 9.52. The molecular weight excluding hydrogens is 184 g/mol. The number of rotatable bonds is 4. The molecule has 0 radical (unpaired) electrons. The van der Waals surface area contributed by atoms with Gasteiger partial charge in [-0.3, -0.25) is 0 Å². The molecule has 1 rings (SSSR count). The normalized spacial score (nSPS) is 14.6. The van der Waals surface area contributed by atoms with Gasteiger partial charge in [-0.05, 0) is 19.1 Å². The predicted molar refractivity (Wildman–Crippen MR) is 56.1 cm³/mol. The third-order valence-electron chi connectivity index (χ3n) is 1.58. The van der Waals surface area contributed by atoms with Crippen molar-refractivity contribution in [2.75, 3.05) is 0 Å². The van der Waals surface area contributed by atoms with E-state index >= 15 is 0 Å². The van der Waals surface area contributed by atoms with Crippen molar-refractivity contribution in [3.05, 3.63) is 43.0 Å². The summed E-state index contributed by atoms with van der Waals surface area (Å²) in [6.45, 7) is 5.45. The zero-order chi connectivity index (χ0) is 9.73. The van der Waals surface area contributed by atoms with E-state index in [1.54, 1.807) is 6.08 Å². The number of halogens is 1. The first kappa shape index (κ1) is 10.1. The molecule has 0 aromatic heterocycles. The van der Waals surface area contributed by atoms with Crippen molar-refractivity contribution in [3.63, 3.8) is 0 Å². The van der Waals surface area contributed by atoms with Crippen molar-refractivity contribution < 1.29 is 4.74 Å². The van der Waals surface area contributed by atoms with Gasteiger partial charge in [0.1, 0.15) is 5.75 Å². The Labute approximate surface area is 84.0 Å². The molecule has 1 nitrogen and oxygen atoms in total. The number of alkyl halides is 1. The van der Waals surface area contributed by atoms with E-state index in [1.807, 2.05) is 37.3 Å². The van der Waals surface area contributed by atoms with Crippen molar-refractivity contribution in [3.8, 4) is 5.75 Å². The van der Waals surface area contributed by atoms with Crippen LogP contribution < -0.4 is 4.74 Å². The lowest BCUT2D eigenvalue weighted by molar-refractivity contribution is 0.181. The Hall–Kier alpha value is -0.950. The first-order valence-electron chi connectivity index (χ1n) is 4.18. The van der Waals surface area contributed by atoms with E-state index < -0.39 is 5.06 Å². The molecule has 0 spiro atoms. The zero-order valence-electron chi connectivity index (χ0n) is 7.66. The average Bonchev–Trinajstić information content (AvgIpc) is 2.04. The van der Waals surface area contributed by atoms with E-state index in [4.69, 9.17) is 16.3 Å². The molecule has 1 aromatic rings. The highest BCUT2D eigenvalue weighted by molar-refractivity contribution is 6.22. The van der Waals surface area contributed by atoms with E-state index in [0.717, 1.165) is 5.75 Å². The van der Waals surface area contributed by atoms with Crippen LogP contribution in [-0.4, -0.2) is 5.06 Å². The number of hydrogen-bond donors (Lipinski definition) is 0. The summed E-state index contributed by atoms with van der Waals surface area (Å²) in [4.78, 5) is 0. The van der Waals surface area contributed by atoms with Crippen LogP contribution in [0.15, 0.2) is 43.0 Å². The minimum absolute atomic E-state index is 0.615. The predicted octanol–water partition coefficient (Wildman–Crippen LogP) is 3.60. The van der Waals surface area contributed by atoms with Gasteiger partial charge in [0.15, 0.2) is 5.06 Å². The van der Waals surface area contributed by atoms with Gasteiger partial charge in [-0.25, -0.2) is 0 Å². The lowest BCUT2D eigenvalue weighted by Crippen LogP contribution is -2.23. The Bertz CT molecular complexity index is 267. The van der Waals surface area contributed by atoms with Gasteiger partial charge in [0.25, 0.3) is 0 Å². The lowest BCUT2D eigenvalue weighted by Gasteiger charge is -2.22. The molecule has 0 amide bonds. The molecule has 0 bridgehead atoms. The molecule has 1 unspecified atom stereocenters.